The summed E-state index contributed by atoms with van der Waals surface area (Å²) in [6.45, 7) is 4.17. The number of rotatable bonds is 2. The van der Waals surface area contributed by atoms with Gasteiger partial charge in [-0.25, -0.2) is 0 Å². The second kappa shape index (κ2) is 3.10. The minimum absolute atomic E-state index is 0.954. The van der Waals surface area contributed by atoms with Crippen LogP contribution in [-0.2, 0) is 12.8 Å². The second-order valence-corrected chi connectivity index (χ2v) is 2.65. The molecule has 0 aliphatic rings. The predicted octanol–water partition coefficient (Wildman–Crippen LogP) is 1.82. The summed E-state index contributed by atoms with van der Waals surface area (Å²) >= 11 is 4.33. The molecular formula is C7H12N2S. The van der Waals surface area contributed by atoms with E-state index < -0.39 is 0 Å². The predicted molar refractivity (Wildman–Crippen MR) is 44.6 cm³/mol. The molecule has 0 aliphatic heterocycles. The molecule has 0 spiro atoms. The highest BCUT2D eigenvalue weighted by Crippen LogP contribution is 2.16. The molecule has 0 unspecified atom stereocenters. The van der Waals surface area contributed by atoms with Gasteiger partial charge in [-0.2, -0.15) is 5.10 Å². The number of hydrogen-bond donors (Lipinski definition) is 2. The molecule has 0 bridgehead atoms. The average Bonchev–Trinajstić information content (AvgIpc) is 2.30. The van der Waals surface area contributed by atoms with Gasteiger partial charge < -0.3 is 0 Å². The van der Waals surface area contributed by atoms with Crippen LogP contribution in [0.3, 0.4) is 0 Å². The Morgan fingerprint density at radius 1 is 1.40 bits per heavy atom. The van der Waals surface area contributed by atoms with E-state index in [1.54, 1.807) is 0 Å². The van der Waals surface area contributed by atoms with Gasteiger partial charge in [-0.3, -0.25) is 5.10 Å². The van der Waals surface area contributed by atoms with Gasteiger partial charge in [0.1, 0.15) is 0 Å². The van der Waals surface area contributed by atoms with E-state index in [-0.39, 0.29) is 0 Å². The van der Waals surface area contributed by atoms with Crippen LogP contribution in [0, 0.1) is 0 Å². The molecule has 10 heavy (non-hydrogen) atoms. The molecule has 1 N–H and O–H groups in total. The van der Waals surface area contributed by atoms with Gasteiger partial charge >= 0.3 is 0 Å². The number of nitrogens with one attached hydrogen (secondary N) is 1. The lowest BCUT2D eigenvalue weighted by Gasteiger charge is -1.91. The second-order valence-electron chi connectivity index (χ2n) is 2.20. The summed E-state index contributed by atoms with van der Waals surface area (Å²) in [6, 6.07) is 0. The normalized spacial score (nSPS) is 10.3. The van der Waals surface area contributed by atoms with Crippen LogP contribution in [0.1, 0.15) is 25.2 Å². The maximum atomic E-state index is 4.33. The van der Waals surface area contributed by atoms with Crippen LogP contribution < -0.4 is 0 Å². The minimum atomic E-state index is 0.954. The largest absolute Gasteiger partial charge is 0.281 e. The van der Waals surface area contributed by atoms with Crippen LogP contribution in [0.2, 0.25) is 0 Å². The van der Waals surface area contributed by atoms with Gasteiger partial charge in [0.05, 0.1) is 5.69 Å². The first kappa shape index (κ1) is 7.66. The maximum absolute atomic E-state index is 4.33. The van der Waals surface area contributed by atoms with Crippen molar-refractivity contribution in [3.63, 3.8) is 0 Å². The molecule has 56 valence electrons. The highest BCUT2D eigenvalue weighted by Gasteiger charge is 2.04. The van der Waals surface area contributed by atoms with E-state index in [1.807, 2.05) is 0 Å². The number of H-pyrrole nitrogens is 1. The van der Waals surface area contributed by atoms with Crippen LogP contribution in [0.25, 0.3) is 0 Å². The first-order chi connectivity index (χ1) is 4.79. The Hall–Kier alpha value is -0.440. The molecular weight excluding hydrogens is 144 g/mol. The van der Waals surface area contributed by atoms with Crippen LogP contribution in [0.5, 0.6) is 0 Å². The van der Waals surface area contributed by atoms with Crippen LogP contribution >= 0.6 is 12.6 Å². The minimum Gasteiger partial charge on any atom is -0.281 e. The van der Waals surface area contributed by atoms with Crippen LogP contribution in [-0.4, -0.2) is 10.2 Å². The third-order valence-electron chi connectivity index (χ3n) is 1.57. The molecule has 0 atom stereocenters. The number of hydrogen-bond acceptors (Lipinski definition) is 2. The third-order valence-corrected chi connectivity index (χ3v) is 2.10. The molecule has 0 amide bonds. The lowest BCUT2D eigenvalue weighted by Crippen LogP contribution is -1.80. The van der Waals surface area contributed by atoms with Crippen LogP contribution in [0.4, 0.5) is 0 Å². The van der Waals surface area contributed by atoms with E-state index in [0.29, 0.717) is 0 Å². The van der Waals surface area contributed by atoms with E-state index in [4.69, 9.17) is 0 Å². The fraction of sp³-hybridized carbons (Fsp3) is 0.571. The third kappa shape index (κ3) is 1.19. The standard InChI is InChI=1S/C7H12N2S/c1-3-5-7(10)6(4-2)9-8-5/h10H,3-4H2,1-2H3,(H,8,9). The van der Waals surface area contributed by atoms with Gasteiger partial charge in [0.2, 0.25) is 0 Å². The highest BCUT2D eigenvalue weighted by atomic mass is 32.1. The van der Waals surface area contributed by atoms with Crippen molar-refractivity contribution >= 4 is 12.6 Å². The fourth-order valence-electron chi connectivity index (χ4n) is 0.908. The van der Waals surface area contributed by atoms with Gasteiger partial charge in [0, 0.05) is 10.6 Å². The SMILES string of the molecule is CCc1n[nH]c(CC)c1S. The lowest BCUT2D eigenvalue weighted by atomic mass is 10.3. The fourth-order valence-corrected chi connectivity index (χ4v) is 1.32. The molecule has 2 nitrogen and oxygen atoms in total. The molecule has 0 aromatic carbocycles. The number of aryl methyl sites for hydroxylation is 2. The average molecular weight is 156 g/mol. The molecule has 0 saturated heterocycles. The Balaban J connectivity index is 2.97. The zero-order chi connectivity index (χ0) is 7.56. The number of aromatic nitrogens is 2. The molecule has 1 rings (SSSR count). The summed E-state index contributed by atoms with van der Waals surface area (Å²) in [6.07, 6.45) is 1.93. The van der Waals surface area contributed by atoms with E-state index in [1.165, 1.54) is 0 Å². The van der Waals surface area contributed by atoms with Gasteiger partial charge in [-0.05, 0) is 12.8 Å². The first-order valence-electron chi connectivity index (χ1n) is 3.54. The monoisotopic (exact) mass is 156 g/mol. The summed E-state index contributed by atoms with van der Waals surface area (Å²) in [5.41, 5.74) is 2.21. The van der Waals surface area contributed by atoms with Gasteiger partial charge in [0.25, 0.3) is 0 Å². The molecule has 1 aromatic rings. The smallest absolute Gasteiger partial charge is 0.0755 e. The summed E-state index contributed by atoms with van der Waals surface area (Å²) < 4.78 is 0. The van der Waals surface area contributed by atoms with Gasteiger partial charge in [-0.15, -0.1) is 12.6 Å². The van der Waals surface area contributed by atoms with Crippen molar-refractivity contribution < 1.29 is 0 Å². The molecule has 1 aromatic heterocycles. The Morgan fingerprint density at radius 3 is 2.40 bits per heavy atom. The molecule has 0 fully saturated rings. The number of nitrogens with zero attached hydrogens (tertiary/aromatic N) is 1. The number of thiol groups is 1. The van der Waals surface area contributed by atoms with E-state index >= 15 is 0 Å². The Kier molecular flexibility index (Phi) is 2.38. The zero-order valence-corrected chi connectivity index (χ0v) is 7.20. The van der Waals surface area contributed by atoms with Gasteiger partial charge in [0.15, 0.2) is 0 Å². The lowest BCUT2D eigenvalue weighted by molar-refractivity contribution is 0.936. The summed E-state index contributed by atoms with van der Waals surface area (Å²) in [7, 11) is 0. The zero-order valence-electron chi connectivity index (χ0n) is 6.31. The molecule has 0 aliphatic carbocycles. The van der Waals surface area contributed by atoms with Crippen molar-refractivity contribution in [2.24, 2.45) is 0 Å². The number of aromatic amines is 1. The molecule has 3 heteroatoms. The van der Waals surface area contributed by atoms with E-state index in [2.05, 4.69) is 36.7 Å². The summed E-state index contributed by atoms with van der Waals surface area (Å²) in [5.74, 6) is 0. The Morgan fingerprint density at radius 2 is 2.10 bits per heavy atom. The Labute approximate surface area is 66.4 Å². The Bertz CT molecular complexity index is 196. The molecule has 1 heterocycles. The van der Waals surface area contributed by atoms with Crippen molar-refractivity contribution in [1.29, 1.82) is 0 Å². The topological polar surface area (TPSA) is 28.7 Å². The quantitative estimate of drug-likeness (QED) is 0.628. The van der Waals surface area contributed by atoms with Crippen molar-refractivity contribution in [2.45, 2.75) is 31.6 Å². The van der Waals surface area contributed by atoms with Crippen molar-refractivity contribution in [2.75, 3.05) is 0 Å². The van der Waals surface area contributed by atoms with E-state index in [9.17, 15) is 0 Å². The first-order valence-corrected chi connectivity index (χ1v) is 3.99. The van der Waals surface area contributed by atoms with Crippen molar-refractivity contribution in [3.05, 3.63) is 11.4 Å². The van der Waals surface area contributed by atoms with Crippen LogP contribution in [0.15, 0.2) is 4.90 Å². The highest BCUT2D eigenvalue weighted by molar-refractivity contribution is 7.80. The van der Waals surface area contributed by atoms with Gasteiger partial charge in [-0.1, -0.05) is 13.8 Å². The maximum Gasteiger partial charge on any atom is 0.0755 e. The van der Waals surface area contributed by atoms with E-state index in [0.717, 1.165) is 29.1 Å². The van der Waals surface area contributed by atoms with Crippen molar-refractivity contribution in [3.8, 4) is 0 Å². The molecule has 0 saturated carbocycles. The summed E-state index contributed by atoms with van der Waals surface area (Å²) in [5, 5.41) is 7.05. The van der Waals surface area contributed by atoms with Crippen molar-refractivity contribution in [1.82, 2.24) is 10.2 Å². The molecule has 0 radical (unpaired) electrons. The summed E-state index contributed by atoms with van der Waals surface area (Å²) in [4.78, 5) is 1.03.